The van der Waals surface area contributed by atoms with Crippen LogP contribution in [-0.2, 0) is 0 Å². The number of pyridine rings is 1. The van der Waals surface area contributed by atoms with Crippen molar-refractivity contribution in [3.63, 3.8) is 0 Å². The van der Waals surface area contributed by atoms with E-state index in [1.54, 1.807) is 6.07 Å². The molecule has 0 aliphatic heterocycles. The van der Waals surface area contributed by atoms with Gasteiger partial charge >= 0.3 is 0 Å². The van der Waals surface area contributed by atoms with E-state index >= 15 is 0 Å². The van der Waals surface area contributed by atoms with Gasteiger partial charge in [-0.2, -0.15) is 0 Å². The molecular formula is C19H23FN2O2. The summed E-state index contributed by atoms with van der Waals surface area (Å²) in [6, 6.07) is 10.7. The van der Waals surface area contributed by atoms with Gasteiger partial charge in [0.1, 0.15) is 17.7 Å². The molecule has 1 heterocycles. The number of nitrogens with one attached hydrogen (secondary N) is 1. The lowest BCUT2D eigenvalue weighted by Gasteiger charge is -2.28. The minimum atomic E-state index is -0.374. The van der Waals surface area contributed by atoms with Gasteiger partial charge in [0.25, 0.3) is 0 Å². The van der Waals surface area contributed by atoms with Crippen LogP contribution in [0.1, 0.15) is 44.3 Å². The molecular weight excluding hydrogens is 307 g/mol. The molecule has 0 spiro atoms. The topological polar surface area (TPSA) is 54.4 Å². The average Bonchev–Trinajstić information content (AvgIpc) is 2.59. The summed E-state index contributed by atoms with van der Waals surface area (Å²) in [6.07, 6.45) is 4.62. The van der Waals surface area contributed by atoms with Gasteiger partial charge in [0.05, 0.1) is 24.0 Å². The summed E-state index contributed by atoms with van der Waals surface area (Å²) in [7, 11) is 0. The third-order valence-corrected chi connectivity index (χ3v) is 4.39. The first-order valence-corrected chi connectivity index (χ1v) is 8.44. The molecule has 24 heavy (non-hydrogen) atoms. The van der Waals surface area contributed by atoms with Crippen LogP contribution < -0.4 is 10.1 Å². The third-order valence-electron chi connectivity index (χ3n) is 4.39. The molecule has 0 radical (unpaired) electrons. The Hall–Kier alpha value is -2.14. The minimum Gasteiger partial charge on any atom is -0.488 e. The highest BCUT2D eigenvalue weighted by Crippen LogP contribution is 2.26. The van der Waals surface area contributed by atoms with E-state index in [0.29, 0.717) is 0 Å². The predicted molar refractivity (Wildman–Crippen MR) is 91.6 cm³/mol. The predicted octanol–water partition coefficient (Wildman–Crippen LogP) is 4.08. The van der Waals surface area contributed by atoms with E-state index in [1.165, 1.54) is 12.3 Å². The molecule has 1 aromatic heterocycles. The second-order valence-corrected chi connectivity index (χ2v) is 6.30. The lowest BCUT2D eigenvalue weighted by molar-refractivity contribution is 0.00688. The fourth-order valence-corrected chi connectivity index (χ4v) is 2.99. The molecule has 1 aliphatic carbocycles. The van der Waals surface area contributed by atoms with Crippen molar-refractivity contribution in [3.05, 3.63) is 54.1 Å². The molecule has 0 saturated heterocycles. The zero-order valence-electron chi connectivity index (χ0n) is 13.8. The van der Waals surface area contributed by atoms with Crippen molar-refractivity contribution in [2.75, 3.05) is 5.32 Å². The van der Waals surface area contributed by atoms with Crippen molar-refractivity contribution in [3.8, 4) is 5.75 Å². The Morgan fingerprint density at radius 1 is 1.17 bits per heavy atom. The van der Waals surface area contributed by atoms with Gasteiger partial charge in [-0.1, -0.05) is 6.42 Å². The van der Waals surface area contributed by atoms with Crippen LogP contribution >= 0.6 is 0 Å². The highest BCUT2D eigenvalue weighted by molar-refractivity contribution is 5.47. The summed E-state index contributed by atoms with van der Waals surface area (Å²) in [5.74, 6) is 0.427. The van der Waals surface area contributed by atoms with Crippen LogP contribution in [0.3, 0.4) is 0 Å². The van der Waals surface area contributed by atoms with Gasteiger partial charge in [0, 0.05) is 5.69 Å². The van der Waals surface area contributed by atoms with Crippen LogP contribution in [-0.4, -0.2) is 22.3 Å². The maximum atomic E-state index is 12.9. The first kappa shape index (κ1) is 16.7. The summed E-state index contributed by atoms with van der Waals surface area (Å²) in [6.45, 7) is 1.98. The van der Waals surface area contributed by atoms with Gasteiger partial charge in [0.15, 0.2) is 0 Å². The molecule has 4 nitrogen and oxygen atoms in total. The summed E-state index contributed by atoms with van der Waals surface area (Å²) in [4.78, 5) is 4.09. The first-order valence-electron chi connectivity index (χ1n) is 8.44. The number of aliphatic hydroxyl groups excluding tert-OH is 1. The summed E-state index contributed by atoms with van der Waals surface area (Å²) < 4.78 is 18.8. The van der Waals surface area contributed by atoms with Crippen molar-refractivity contribution in [1.29, 1.82) is 0 Å². The molecule has 128 valence electrons. The first-order chi connectivity index (χ1) is 11.6. The smallest absolute Gasteiger partial charge is 0.141 e. The number of benzene rings is 1. The van der Waals surface area contributed by atoms with E-state index in [0.717, 1.165) is 42.8 Å². The lowest BCUT2D eigenvalue weighted by atomic mass is 9.95. The second kappa shape index (κ2) is 7.62. The van der Waals surface area contributed by atoms with E-state index in [2.05, 4.69) is 10.3 Å². The quantitative estimate of drug-likeness (QED) is 0.867. The average molecular weight is 330 g/mol. The molecule has 1 aliphatic rings. The van der Waals surface area contributed by atoms with E-state index in [9.17, 15) is 9.50 Å². The number of hydrogen-bond donors (Lipinski definition) is 2. The monoisotopic (exact) mass is 330 g/mol. The highest BCUT2D eigenvalue weighted by Gasteiger charge is 2.24. The Balaban J connectivity index is 1.58. The van der Waals surface area contributed by atoms with E-state index in [-0.39, 0.29) is 24.1 Å². The van der Waals surface area contributed by atoms with Gasteiger partial charge in [-0.3, -0.25) is 4.98 Å². The molecule has 0 amide bonds. The van der Waals surface area contributed by atoms with Crippen LogP contribution in [0.4, 0.5) is 10.1 Å². The molecule has 2 aromatic rings. The number of nitrogens with zero attached hydrogens (tertiary/aromatic N) is 1. The standard InChI is InChI=1S/C19H23FN2O2/c1-13(17-11-6-14(20)12-21-17)22-15-7-9-16(10-8-15)24-19-5-3-2-4-18(19)23/h6-13,18-19,22-23H,2-5H2,1H3. The summed E-state index contributed by atoms with van der Waals surface area (Å²) in [5.41, 5.74) is 1.72. The Morgan fingerprint density at radius 2 is 1.92 bits per heavy atom. The van der Waals surface area contributed by atoms with Gasteiger partial charge in [0.2, 0.25) is 0 Å². The van der Waals surface area contributed by atoms with Crippen molar-refractivity contribution in [1.82, 2.24) is 4.98 Å². The van der Waals surface area contributed by atoms with Crippen LogP contribution in [0.5, 0.6) is 5.75 Å². The Kier molecular flexibility index (Phi) is 5.30. The van der Waals surface area contributed by atoms with Crippen LogP contribution in [0.2, 0.25) is 0 Å². The van der Waals surface area contributed by atoms with Gasteiger partial charge in [-0.15, -0.1) is 0 Å². The summed E-state index contributed by atoms with van der Waals surface area (Å²) >= 11 is 0. The highest BCUT2D eigenvalue weighted by atomic mass is 19.1. The van der Waals surface area contributed by atoms with E-state index in [1.807, 2.05) is 31.2 Å². The van der Waals surface area contributed by atoms with Crippen LogP contribution in [0.15, 0.2) is 42.6 Å². The molecule has 1 fully saturated rings. The molecule has 1 saturated carbocycles. The zero-order valence-corrected chi connectivity index (χ0v) is 13.8. The normalized spacial score (nSPS) is 22.0. The van der Waals surface area contributed by atoms with Crippen molar-refractivity contribution < 1.29 is 14.2 Å². The fraction of sp³-hybridized carbons (Fsp3) is 0.421. The number of halogens is 1. The molecule has 3 rings (SSSR count). The Bertz CT molecular complexity index is 645. The van der Waals surface area contributed by atoms with Gasteiger partial charge in [-0.05, 0) is 62.6 Å². The molecule has 2 N–H and O–H groups in total. The van der Waals surface area contributed by atoms with E-state index < -0.39 is 0 Å². The third kappa shape index (κ3) is 4.23. The number of aliphatic hydroxyl groups is 1. The molecule has 3 unspecified atom stereocenters. The molecule has 3 atom stereocenters. The SMILES string of the molecule is CC(Nc1ccc(OC2CCCCC2O)cc1)c1ccc(F)cn1. The van der Waals surface area contributed by atoms with Crippen LogP contribution in [0.25, 0.3) is 0 Å². The van der Waals surface area contributed by atoms with Crippen molar-refractivity contribution >= 4 is 5.69 Å². The zero-order chi connectivity index (χ0) is 16.9. The van der Waals surface area contributed by atoms with Crippen LogP contribution in [0, 0.1) is 5.82 Å². The maximum Gasteiger partial charge on any atom is 0.141 e. The van der Waals surface area contributed by atoms with Gasteiger partial charge in [-0.25, -0.2) is 4.39 Å². The number of anilines is 1. The minimum absolute atomic E-state index is 0.0301. The Labute approximate surface area is 141 Å². The maximum absolute atomic E-state index is 12.9. The Morgan fingerprint density at radius 3 is 2.58 bits per heavy atom. The lowest BCUT2D eigenvalue weighted by Crippen LogP contribution is -2.34. The number of ether oxygens (including phenoxy) is 1. The van der Waals surface area contributed by atoms with Gasteiger partial charge < -0.3 is 15.2 Å². The molecule has 0 bridgehead atoms. The number of hydrogen-bond acceptors (Lipinski definition) is 4. The van der Waals surface area contributed by atoms with E-state index in [4.69, 9.17) is 4.74 Å². The number of aromatic nitrogens is 1. The fourth-order valence-electron chi connectivity index (χ4n) is 2.99. The van der Waals surface area contributed by atoms with Crippen molar-refractivity contribution in [2.45, 2.75) is 50.9 Å². The molecule has 1 aromatic carbocycles. The summed E-state index contributed by atoms with van der Waals surface area (Å²) in [5, 5.41) is 13.3. The van der Waals surface area contributed by atoms with Crippen molar-refractivity contribution in [2.24, 2.45) is 0 Å². The number of rotatable bonds is 5. The second-order valence-electron chi connectivity index (χ2n) is 6.30. The molecule has 5 heteroatoms. The largest absolute Gasteiger partial charge is 0.488 e.